The number of piperidine rings is 1. The van der Waals surface area contributed by atoms with Gasteiger partial charge in [-0.2, -0.15) is 0 Å². The van der Waals surface area contributed by atoms with Gasteiger partial charge >= 0.3 is 0 Å². The van der Waals surface area contributed by atoms with Gasteiger partial charge in [0.2, 0.25) is 5.91 Å². The highest BCUT2D eigenvalue weighted by Gasteiger charge is 2.29. The largest absolute Gasteiger partial charge is 0.489 e. The number of benzene rings is 1. The van der Waals surface area contributed by atoms with Crippen molar-refractivity contribution < 1.29 is 9.53 Å². The highest BCUT2D eigenvalue weighted by molar-refractivity contribution is 6.32. The highest BCUT2D eigenvalue weighted by atomic mass is 35.5. The number of likely N-dealkylation sites (tertiary alicyclic amines) is 1. The number of amides is 1. The molecular formula is C17H26Cl2N2O2. The average molecular weight is 361 g/mol. The Labute approximate surface area is 149 Å². The summed E-state index contributed by atoms with van der Waals surface area (Å²) in [7, 11) is 0. The first-order valence-corrected chi connectivity index (χ1v) is 8.36. The molecule has 23 heavy (non-hydrogen) atoms. The van der Waals surface area contributed by atoms with Crippen LogP contribution in [-0.2, 0) is 4.79 Å². The Balaban J connectivity index is 0.00000264. The Morgan fingerprint density at radius 1 is 1.39 bits per heavy atom. The molecule has 1 aromatic carbocycles. The minimum Gasteiger partial charge on any atom is -0.489 e. The maximum absolute atomic E-state index is 12.4. The van der Waals surface area contributed by atoms with Crippen molar-refractivity contribution in [2.45, 2.75) is 45.3 Å². The quantitative estimate of drug-likeness (QED) is 0.873. The van der Waals surface area contributed by atoms with Crippen molar-refractivity contribution in [2.24, 2.45) is 11.7 Å². The molecule has 6 heteroatoms. The number of ether oxygens (including phenoxy) is 1. The van der Waals surface area contributed by atoms with Crippen LogP contribution >= 0.6 is 24.0 Å². The molecule has 2 rings (SSSR count). The molecule has 1 saturated heterocycles. The lowest BCUT2D eigenvalue weighted by Gasteiger charge is -2.34. The van der Waals surface area contributed by atoms with Crippen molar-refractivity contribution in [1.29, 1.82) is 0 Å². The third-order valence-corrected chi connectivity index (χ3v) is 4.74. The van der Waals surface area contributed by atoms with E-state index in [2.05, 4.69) is 6.92 Å². The monoisotopic (exact) mass is 360 g/mol. The molecule has 0 bridgehead atoms. The lowest BCUT2D eigenvalue weighted by Crippen LogP contribution is -2.50. The Morgan fingerprint density at radius 2 is 2.00 bits per heavy atom. The van der Waals surface area contributed by atoms with Gasteiger partial charge in [0.1, 0.15) is 11.9 Å². The van der Waals surface area contributed by atoms with Gasteiger partial charge in [-0.15, -0.1) is 12.4 Å². The fourth-order valence-corrected chi connectivity index (χ4v) is 2.80. The minimum atomic E-state index is -0.397. The molecule has 0 radical (unpaired) electrons. The topological polar surface area (TPSA) is 55.6 Å². The molecule has 0 aromatic heterocycles. The first-order chi connectivity index (χ1) is 10.5. The smallest absolute Gasteiger partial charge is 0.239 e. The van der Waals surface area contributed by atoms with E-state index >= 15 is 0 Å². The van der Waals surface area contributed by atoms with Crippen molar-refractivity contribution in [3.8, 4) is 5.75 Å². The number of carbonyl (C=O) groups excluding carboxylic acids is 1. The van der Waals surface area contributed by atoms with Crippen LogP contribution in [-0.4, -0.2) is 36.0 Å². The lowest BCUT2D eigenvalue weighted by atomic mass is 9.97. The van der Waals surface area contributed by atoms with Crippen LogP contribution in [0.15, 0.2) is 24.3 Å². The van der Waals surface area contributed by atoms with Gasteiger partial charge in [-0.3, -0.25) is 4.79 Å². The van der Waals surface area contributed by atoms with E-state index in [9.17, 15) is 4.79 Å². The number of para-hydroxylation sites is 1. The zero-order valence-electron chi connectivity index (χ0n) is 13.7. The van der Waals surface area contributed by atoms with Crippen LogP contribution in [0.25, 0.3) is 0 Å². The van der Waals surface area contributed by atoms with Crippen molar-refractivity contribution in [1.82, 2.24) is 4.90 Å². The lowest BCUT2D eigenvalue weighted by molar-refractivity contribution is -0.135. The van der Waals surface area contributed by atoms with E-state index in [0.29, 0.717) is 23.9 Å². The van der Waals surface area contributed by atoms with E-state index in [4.69, 9.17) is 22.1 Å². The molecule has 0 saturated carbocycles. The van der Waals surface area contributed by atoms with Gasteiger partial charge in [0.25, 0.3) is 0 Å². The van der Waals surface area contributed by atoms with Gasteiger partial charge in [-0.1, -0.05) is 44.0 Å². The fourth-order valence-electron chi connectivity index (χ4n) is 2.62. The summed E-state index contributed by atoms with van der Waals surface area (Å²) in [6.07, 6.45) is 2.64. The predicted molar refractivity (Wildman–Crippen MR) is 96.4 cm³/mol. The SMILES string of the molecule is CCC(C)C(N)C(=O)N1CCC(Oc2ccccc2Cl)CC1.Cl. The number of nitrogens with two attached hydrogens (primary N) is 1. The summed E-state index contributed by atoms with van der Waals surface area (Å²) in [5.74, 6) is 0.986. The second-order valence-corrected chi connectivity index (χ2v) is 6.39. The zero-order chi connectivity index (χ0) is 16.1. The molecule has 1 aromatic rings. The van der Waals surface area contributed by atoms with Crippen molar-refractivity contribution in [3.63, 3.8) is 0 Å². The molecule has 2 N–H and O–H groups in total. The van der Waals surface area contributed by atoms with Crippen LogP contribution in [0.4, 0.5) is 0 Å². The predicted octanol–water partition coefficient (Wildman–Crippen LogP) is 3.51. The Bertz CT molecular complexity index is 505. The first kappa shape index (κ1) is 20.1. The van der Waals surface area contributed by atoms with Crippen LogP contribution in [0.2, 0.25) is 5.02 Å². The van der Waals surface area contributed by atoms with E-state index in [1.165, 1.54) is 0 Å². The summed E-state index contributed by atoms with van der Waals surface area (Å²) in [4.78, 5) is 14.2. The molecular weight excluding hydrogens is 335 g/mol. The van der Waals surface area contributed by atoms with Crippen molar-refractivity contribution in [3.05, 3.63) is 29.3 Å². The van der Waals surface area contributed by atoms with Crippen LogP contribution < -0.4 is 10.5 Å². The summed E-state index contributed by atoms with van der Waals surface area (Å²) in [5, 5.41) is 0.625. The van der Waals surface area contributed by atoms with E-state index in [1.807, 2.05) is 36.1 Å². The van der Waals surface area contributed by atoms with Crippen LogP contribution in [0.1, 0.15) is 33.1 Å². The van der Waals surface area contributed by atoms with Crippen LogP contribution in [0, 0.1) is 5.92 Å². The molecule has 1 amide bonds. The normalized spacial score (nSPS) is 18.0. The summed E-state index contributed by atoms with van der Waals surface area (Å²) >= 11 is 6.11. The molecule has 0 spiro atoms. The maximum Gasteiger partial charge on any atom is 0.239 e. The first-order valence-electron chi connectivity index (χ1n) is 7.98. The fraction of sp³-hybridized carbons (Fsp3) is 0.588. The number of carbonyl (C=O) groups is 1. The number of hydrogen-bond donors (Lipinski definition) is 1. The molecule has 2 unspecified atom stereocenters. The number of rotatable bonds is 5. The van der Waals surface area contributed by atoms with Crippen LogP contribution in [0.3, 0.4) is 0 Å². The molecule has 0 aliphatic carbocycles. The van der Waals surface area contributed by atoms with E-state index in [0.717, 1.165) is 19.3 Å². The summed E-state index contributed by atoms with van der Waals surface area (Å²) in [6, 6.07) is 7.09. The summed E-state index contributed by atoms with van der Waals surface area (Å²) in [6.45, 7) is 5.47. The van der Waals surface area contributed by atoms with Gasteiger partial charge in [-0.25, -0.2) is 0 Å². The molecule has 1 heterocycles. The number of halogens is 2. The molecule has 1 fully saturated rings. The highest BCUT2D eigenvalue weighted by Crippen LogP contribution is 2.27. The number of nitrogens with zero attached hydrogens (tertiary/aromatic N) is 1. The standard InChI is InChI=1S/C17H25ClN2O2.ClH/c1-3-12(2)16(19)17(21)20-10-8-13(9-11-20)22-15-7-5-4-6-14(15)18;/h4-7,12-13,16H,3,8-11,19H2,1-2H3;1H. The Morgan fingerprint density at radius 3 is 2.57 bits per heavy atom. The van der Waals surface area contributed by atoms with Gasteiger partial charge in [0.15, 0.2) is 0 Å². The van der Waals surface area contributed by atoms with E-state index in [1.54, 1.807) is 0 Å². The van der Waals surface area contributed by atoms with E-state index < -0.39 is 6.04 Å². The number of hydrogen-bond acceptors (Lipinski definition) is 3. The van der Waals surface area contributed by atoms with Gasteiger partial charge in [0, 0.05) is 25.9 Å². The Kier molecular flexibility index (Phi) is 8.17. The van der Waals surface area contributed by atoms with E-state index in [-0.39, 0.29) is 30.3 Å². The summed E-state index contributed by atoms with van der Waals surface area (Å²) < 4.78 is 5.94. The van der Waals surface area contributed by atoms with Crippen molar-refractivity contribution >= 4 is 29.9 Å². The molecule has 1 aliphatic rings. The van der Waals surface area contributed by atoms with Gasteiger partial charge < -0.3 is 15.4 Å². The molecule has 4 nitrogen and oxygen atoms in total. The summed E-state index contributed by atoms with van der Waals surface area (Å²) in [5.41, 5.74) is 6.04. The third kappa shape index (κ3) is 5.27. The second-order valence-electron chi connectivity index (χ2n) is 5.98. The van der Waals surface area contributed by atoms with Gasteiger partial charge in [0.05, 0.1) is 11.1 Å². The molecule has 2 atom stereocenters. The minimum absolute atomic E-state index is 0. The molecule has 130 valence electrons. The zero-order valence-corrected chi connectivity index (χ0v) is 15.3. The van der Waals surface area contributed by atoms with Crippen LogP contribution in [0.5, 0.6) is 5.75 Å². The molecule has 1 aliphatic heterocycles. The third-order valence-electron chi connectivity index (χ3n) is 4.43. The second kappa shape index (κ2) is 9.36. The maximum atomic E-state index is 12.4. The van der Waals surface area contributed by atoms with Crippen molar-refractivity contribution in [2.75, 3.05) is 13.1 Å². The Hall–Kier alpha value is -0.970. The average Bonchev–Trinajstić information content (AvgIpc) is 2.55. The van der Waals surface area contributed by atoms with Gasteiger partial charge in [-0.05, 0) is 18.1 Å².